The first-order valence-corrected chi connectivity index (χ1v) is 12.3. The van der Waals surface area contributed by atoms with E-state index in [1.165, 1.54) is 30.9 Å². The van der Waals surface area contributed by atoms with Gasteiger partial charge in [0, 0.05) is 25.5 Å². The maximum Gasteiger partial charge on any atom is 0.318 e. The summed E-state index contributed by atoms with van der Waals surface area (Å²) in [6.45, 7) is 2.04. The van der Waals surface area contributed by atoms with Crippen molar-refractivity contribution in [2.75, 3.05) is 35.7 Å². The quantitative estimate of drug-likeness (QED) is 0.221. The lowest BCUT2D eigenvalue weighted by Crippen LogP contribution is -2.25. The number of nitrogens with one attached hydrogen (secondary N) is 3. The minimum Gasteiger partial charge on any atom is -0.467 e. The Morgan fingerprint density at radius 2 is 1.97 bits per heavy atom. The predicted molar refractivity (Wildman–Crippen MR) is 136 cm³/mol. The fourth-order valence-corrected chi connectivity index (χ4v) is 3.77. The maximum absolute atomic E-state index is 12.8. The molecule has 0 saturated heterocycles. The standard InChI is InChI=1S/C23H27N7O5S/c1-4-35-29-22(31)16-13-25-21(27-20-9-10-24-23(28-20)34-3)12-18(16)26-17-8-7-15(14-5-6-14)11-19(17)30(2)36(32)33/h7-14H,4-6H2,1-3H3,(H,29,31)(H,32,33)(H2,24,25,26,27,28). The third-order valence-electron chi connectivity index (χ3n) is 5.44. The number of carbonyl (C=O) groups is 1. The molecule has 2 aromatic heterocycles. The molecule has 2 heterocycles. The van der Waals surface area contributed by atoms with Gasteiger partial charge in [0.15, 0.2) is 0 Å². The van der Waals surface area contributed by atoms with Crippen molar-refractivity contribution in [1.82, 2.24) is 20.4 Å². The van der Waals surface area contributed by atoms with Crippen molar-refractivity contribution >= 4 is 45.9 Å². The second kappa shape index (κ2) is 11.3. The number of hydroxylamine groups is 1. The van der Waals surface area contributed by atoms with Crippen molar-refractivity contribution in [3.8, 4) is 6.01 Å². The summed E-state index contributed by atoms with van der Waals surface area (Å²) >= 11 is -2.24. The van der Waals surface area contributed by atoms with Gasteiger partial charge in [-0.3, -0.25) is 18.5 Å². The minimum atomic E-state index is -2.24. The van der Waals surface area contributed by atoms with Gasteiger partial charge in [-0.25, -0.2) is 19.7 Å². The molecule has 1 amide bonds. The SMILES string of the molecule is CCONC(=O)c1cnc(Nc2ccnc(OC)n2)cc1Nc1ccc(C2CC2)cc1N(C)S(=O)O. The van der Waals surface area contributed by atoms with E-state index in [9.17, 15) is 13.6 Å². The minimum absolute atomic E-state index is 0.187. The van der Waals surface area contributed by atoms with Gasteiger partial charge < -0.3 is 15.4 Å². The molecule has 4 N–H and O–H groups in total. The van der Waals surface area contributed by atoms with Gasteiger partial charge in [0.25, 0.3) is 17.2 Å². The smallest absolute Gasteiger partial charge is 0.318 e. The van der Waals surface area contributed by atoms with Crippen LogP contribution in [0.25, 0.3) is 0 Å². The van der Waals surface area contributed by atoms with Gasteiger partial charge in [-0.2, -0.15) is 4.98 Å². The van der Waals surface area contributed by atoms with Gasteiger partial charge in [0.1, 0.15) is 11.6 Å². The number of hydrogen-bond acceptors (Lipinski definition) is 9. The summed E-state index contributed by atoms with van der Waals surface area (Å²) in [6, 6.07) is 9.16. The molecule has 36 heavy (non-hydrogen) atoms. The summed E-state index contributed by atoms with van der Waals surface area (Å²) in [5, 5.41) is 6.29. The Labute approximate surface area is 210 Å². The third-order valence-corrected chi connectivity index (χ3v) is 6.11. The second-order valence-electron chi connectivity index (χ2n) is 7.94. The maximum atomic E-state index is 12.8. The molecule has 1 aliphatic rings. The van der Waals surface area contributed by atoms with E-state index in [2.05, 4.69) is 31.1 Å². The van der Waals surface area contributed by atoms with Crippen LogP contribution >= 0.6 is 0 Å². The van der Waals surface area contributed by atoms with Gasteiger partial charge in [-0.05, 0) is 49.4 Å². The predicted octanol–water partition coefficient (Wildman–Crippen LogP) is 3.50. The van der Waals surface area contributed by atoms with Gasteiger partial charge in [0.05, 0.1) is 36.3 Å². The van der Waals surface area contributed by atoms with E-state index in [-0.39, 0.29) is 18.2 Å². The molecule has 1 saturated carbocycles. The van der Waals surface area contributed by atoms with Crippen LogP contribution in [-0.4, -0.2) is 50.4 Å². The summed E-state index contributed by atoms with van der Waals surface area (Å²) < 4.78 is 27.9. The number of ether oxygens (including phenoxy) is 1. The summed E-state index contributed by atoms with van der Waals surface area (Å²) in [5.41, 5.74) is 5.12. The number of anilines is 5. The van der Waals surface area contributed by atoms with E-state index in [0.29, 0.717) is 34.6 Å². The van der Waals surface area contributed by atoms with Gasteiger partial charge in [-0.15, -0.1) is 0 Å². The van der Waals surface area contributed by atoms with Crippen molar-refractivity contribution in [3.63, 3.8) is 0 Å². The monoisotopic (exact) mass is 513 g/mol. The summed E-state index contributed by atoms with van der Waals surface area (Å²) in [7, 11) is 2.99. The van der Waals surface area contributed by atoms with Crippen LogP contribution in [0.3, 0.4) is 0 Å². The number of rotatable bonds is 11. The Morgan fingerprint density at radius 3 is 2.67 bits per heavy atom. The van der Waals surface area contributed by atoms with Crippen molar-refractivity contribution in [2.24, 2.45) is 0 Å². The molecule has 0 aliphatic heterocycles. The Hall–Kier alpha value is -3.81. The number of amides is 1. The molecule has 1 aromatic carbocycles. The van der Waals surface area contributed by atoms with Crippen LogP contribution in [0.4, 0.5) is 28.7 Å². The molecule has 12 nitrogen and oxygen atoms in total. The molecule has 13 heteroatoms. The molecule has 3 aromatic rings. The number of pyridine rings is 1. The molecule has 1 aliphatic carbocycles. The Morgan fingerprint density at radius 1 is 1.17 bits per heavy atom. The molecule has 0 spiro atoms. The first kappa shape index (κ1) is 25.3. The summed E-state index contributed by atoms with van der Waals surface area (Å²) in [4.78, 5) is 30.4. The van der Waals surface area contributed by atoms with Crippen LogP contribution in [0.2, 0.25) is 0 Å². The highest BCUT2D eigenvalue weighted by Gasteiger charge is 2.26. The normalized spacial score (nSPS) is 13.6. The first-order chi connectivity index (χ1) is 17.4. The Balaban J connectivity index is 1.71. The first-order valence-electron chi connectivity index (χ1n) is 11.2. The highest BCUT2D eigenvalue weighted by molar-refractivity contribution is 7.80. The highest BCUT2D eigenvalue weighted by atomic mass is 32.2. The fourth-order valence-electron chi connectivity index (χ4n) is 3.46. The zero-order valence-corrected chi connectivity index (χ0v) is 20.8. The van der Waals surface area contributed by atoms with Gasteiger partial charge in [0.2, 0.25) is 0 Å². The van der Waals surface area contributed by atoms with E-state index < -0.39 is 17.2 Å². The lowest BCUT2D eigenvalue weighted by Gasteiger charge is -2.21. The largest absolute Gasteiger partial charge is 0.467 e. The molecule has 4 rings (SSSR count). The Bertz CT molecular complexity index is 1270. The highest BCUT2D eigenvalue weighted by Crippen LogP contribution is 2.43. The Kier molecular flexibility index (Phi) is 7.93. The van der Waals surface area contributed by atoms with Crippen molar-refractivity contribution in [2.45, 2.75) is 25.7 Å². The van der Waals surface area contributed by atoms with E-state index in [4.69, 9.17) is 9.57 Å². The average Bonchev–Trinajstić information content (AvgIpc) is 3.73. The molecule has 0 radical (unpaired) electrons. The van der Waals surface area contributed by atoms with Gasteiger partial charge in [-0.1, -0.05) is 6.07 Å². The fraction of sp³-hybridized carbons (Fsp3) is 0.304. The number of carbonyl (C=O) groups excluding carboxylic acids is 1. The number of hydrogen-bond donors (Lipinski definition) is 4. The number of nitrogens with zero attached hydrogens (tertiary/aromatic N) is 4. The molecular formula is C23H27N7O5S. The van der Waals surface area contributed by atoms with Crippen LogP contribution < -0.4 is 25.2 Å². The van der Waals surface area contributed by atoms with Crippen molar-refractivity contribution < 1.29 is 23.1 Å². The average molecular weight is 514 g/mol. The van der Waals surface area contributed by atoms with Crippen LogP contribution in [0, 0.1) is 0 Å². The van der Waals surface area contributed by atoms with E-state index in [1.807, 2.05) is 18.2 Å². The number of aromatic nitrogens is 3. The lowest BCUT2D eigenvalue weighted by molar-refractivity contribution is 0.0365. The van der Waals surface area contributed by atoms with E-state index in [0.717, 1.165) is 18.4 Å². The molecular weight excluding hydrogens is 486 g/mol. The van der Waals surface area contributed by atoms with Crippen LogP contribution in [0.15, 0.2) is 42.7 Å². The molecule has 0 bridgehead atoms. The summed E-state index contributed by atoms with van der Waals surface area (Å²) in [6.07, 6.45) is 5.11. The van der Waals surface area contributed by atoms with E-state index >= 15 is 0 Å². The third kappa shape index (κ3) is 6.05. The number of benzene rings is 1. The topological polar surface area (TPSA) is 151 Å². The van der Waals surface area contributed by atoms with Crippen LogP contribution in [0.5, 0.6) is 6.01 Å². The number of methoxy groups -OCH3 is 1. The molecule has 1 unspecified atom stereocenters. The van der Waals surface area contributed by atoms with Crippen molar-refractivity contribution in [3.05, 3.63) is 53.9 Å². The van der Waals surface area contributed by atoms with Crippen LogP contribution in [0.1, 0.15) is 41.6 Å². The molecule has 190 valence electrons. The molecule has 1 fully saturated rings. The van der Waals surface area contributed by atoms with Crippen molar-refractivity contribution in [1.29, 1.82) is 0 Å². The lowest BCUT2D eigenvalue weighted by atomic mass is 10.1. The van der Waals surface area contributed by atoms with E-state index in [1.54, 1.807) is 19.1 Å². The van der Waals surface area contributed by atoms with Gasteiger partial charge >= 0.3 is 6.01 Å². The molecule has 1 atom stereocenters. The zero-order chi connectivity index (χ0) is 25.7. The van der Waals surface area contributed by atoms with Crippen LogP contribution in [-0.2, 0) is 16.1 Å². The second-order valence-corrected chi connectivity index (χ2v) is 8.95. The summed E-state index contributed by atoms with van der Waals surface area (Å²) in [5.74, 6) is 0.781. The zero-order valence-electron chi connectivity index (χ0n) is 20.0.